The Hall–Kier alpha value is -2.19. The highest BCUT2D eigenvalue weighted by molar-refractivity contribution is 9.11. The molecule has 6 nitrogen and oxygen atoms in total. The minimum atomic E-state index is -0.0550. The molecule has 2 N–H and O–H groups in total. The van der Waals surface area contributed by atoms with E-state index in [0.29, 0.717) is 23.7 Å². The Balaban J connectivity index is 1.81. The third kappa shape index (κ3) is 3.03. The number of methoxy groups -OCH3 is 1. The van der Waals surface area contributed by atoms with Gasteiger partial charge in [-0.3, -0.25) is 4.79 Å². The van der Waals surface area contributed by atoms with E-state index in [4.69, 9.17) is 4.74 Å². The van der Waals surface area contributed by atoms with Gasteiger partial charge in [0.05, 0.1) is 34.1 Å². The van der Waals surface area contributed by atoms with Crippen molar-refractivity contribution >= 4 is 37.8 Å². The Kier molecular flexibility index (Phi) is 4.54. The Labute approximate surface area is 166 Å². The number of nitrogens with one attached hydrogen (secondary N) is 2. The predicted molar refractivity (Wildman–Crippen MR) is 105 cm³/mol. The van der Waals surface area contributed by atoms with Gasteiger partial charge < -0.3 is 15.0 Å². The van der Waals surface area contributed by atoms with Gasteiger partial charge in [0.25, 0.3) is 5.91 Å². The second kappa shape index (κ2) is 6.85. The van der Waals surface area contributed by atoms with Crippen molar-refractivity contribution in [3.05, 3.63) is 50.7 Å². The first kappa shape index (κ1) is 17.2. The summed E-state index contributed by atoms with van der Waals surface area (Å²) < 4.78 is 7.20. The maximum absolute atomic E-state index is 12.0. The average molecular weight is 478 g/mol. The van der Waals surface area contributed by atoms with Crippen LogP contribution < -0.4 is 10.1 Å². The summed E-state index contributed by atoms with van der Waals surface area (Å²) in [4.78, 5) is 24.4. The van der Waals surface area contributed by atoms with Gasteiger partial charge in [-0.15, -0.1) is 0 Å². The van der Waals surface area contributed by atoms with Crippen LogP contribution in [-0.2, 0) is 6.42 Å². The second-order valence-electron chi connectivity index (χ2n) is 5.82. The molecule has 132 valence electrons. The van der Waals surface area contributed by atoms with Gasteiger partial charge >= 0.3 is 0 Å². The lowest BCUT2D eigenvalue weighted by Gasteiger charge is -2.11. The topological polar surface area (TPSA) is 79.9 Å². The fourth-order valence-electron chi connectivity index (χ4n) is 3.00. The van der Waals surface area contributed by atoms with Crippen LogP contribution in [0.3, 0.4) is 0 Å². The van der Waals surface area contributed by atoms with E-state index in [9.17, 15) is 4.79 Å². The molecule has 8 heteroatoms. The van der Waals surface area contributed by atoms with Crippen molar-refractivity contribution in [2.24, 2.45) is 0 Å². The lowest BCUT2D eigenvalue weighted by atomic mass is 10.1. The fourth-order valence-corrected chi connectivity index (χ4v) is 4.39. The molecular formula is C18H14Br2N4O2. The van der Waals surface area contributed by atoms with E-state index in [-0.39, 0.29) is 5.91 Å². The van der Waals surface area contributed by atoms with Crippen LogP contribution in [0.1, 0.15) is 16.1 Å². The lowest BCUT2D eigenvalue weighted by molar-refractivity contribution is 0.0946. The van der Waals surface area contributed by atoms with Crippen LogP contribution in [0.4, 0.5) is 0 Å². The van der Waals surface area contributed by atoms with Gasteiger partial charge in [0.15, 0.2) is 5.82 Å². The summed E-state index contributed by atoms with van der Waals surface area (Å²) in [6, 6.07) is 7.47. The van der Waals surface area contributed by atoms with E-state index < -0.39 is 0 Å². The van der Waals surface area contributed by atoms with Crippen molar-refractivity contribution < 1.29 is 9.53 Å². The van der Waals surface area contributed by atoms with Crippen LogP contribution in [0.2, 0.25) is 0 Å². The van der Waals surface area contributed by atoms with Gasteiger partial charge in [0, 0.05) is 29.3 Å². The highest BCUT2D eigenvalue weighted by Gasteiger charge is 2.21. The van der Waals surface area contributed by atoms with Crippen LogP contribution in [0, 0.1) is 0 Å². The predicted octanol–water partition coefficient (Wildman–Crippen LogP) is 3.96. The van der Waals surface area contributed by atoms with Crippen LogP contribution in [0.15, 0.2) is 39.4 Å². The number of fused-ring (bicyclic) bond motifs is 1. The summed E-state index contributed by atoms with van der Waals surface area (Å²) >= 11 is 6.99. The number of rotatable bonds is 3. The van der Waals surface area contributed by atoms with Crippen LogP contribution in [0.5, 0.6) is 5.75 Å². The Morgan fingerprint density at radius 1 is 1.19 bits per heavy atom. The van der Waals surface area contributed by atoms with Crippen LogP contribution in [-0.4, -0.2) is 34.5 Å². The molecule has 0 saturated carbocycles. The highest BCUT2D eigenvalue weighted by atomic mass is 79.9. The molecule has 0 fully saturated rings. The first-order valence-corrected chi connectivity index (χ1v) is 9.52. The Bertz CT molecular complexity index is 1020. The molecule has 1 amide bonds. The molecule has 26 heavy (non-hydrogen) atoms. The normalized spacial score (nSPS) is 13.3. The standard InChI is InChI=1S/C18H14Br2N4O2/c1-26-16-11(6-9(19)7-12(16)20)17-21-4-3-14(24-17)15-8-10-13(23-15)2-5-22-18(10)25/h3-4,6-8,23H,2,5H2,1H3,(H,22,25). The van der Waals surface area contributed by atoms with E-state index in [1.54, 1.807) is 13.3 Å². The van der Waals surface area contributed by atoms with E-state index in [1.807, 2.05) is 24.3 Å². The van der Waals surface area contributed by atoms with Gasteiger partial charge in [-0.25, -0.2) is 9.97 Å². The van der Waals surface area contributed by atoms with Crippen molar-refractivity contribution in [1.29, 1.82) is 0 Å². The number of hydrogen-bond acceptors (Lipinski definition) is 4. The third-order valence-electron chi connectivity index (χ3n) is 4.19. The molecule has 0 saturated heterocycles. The number of halogens is 2. The zero-order chi connectivity index (χ0) is 18.3. The summed E-state index contributed by atoms with van der Waals surface area (Å²) in [5.41, 5.74) is 3.89. The van der Waals surface area contributed by atoms with Gasteiger partial charge in [-0.2, -0.15) is 0 Å². The summed E-state index contributed by atoms with van der Waals surface area (Å²) in [7, 11) is 1.61. The SMILES string of the molecule is COc1c(Br)cc(Br)cc1-c1nccc(-c2cc3c([nH]2)CCNC3=O)n1. The maximum Gasteiger partial charge on any atom is 0.253 e. The number of H-pyrrole nitrogens is 1. The summed E-state index contributed by atoms with van der Waals surface area (Å²) in [5.74, 6) is 1.15. The Morgan fingerprint density at radius 3 is 2.81 bits per heavy atom. The van der Waals surface area contributed by atoms with Crippen molar-refractivity contribution in [3.63, 3.8) is 0 Å². The van der Waals surface area contributed by atoms with Crippen LogP contribution in [0.25, 0.3) is 22.8 Å². The summed E-state index contributed by atoms with van der Waals surface area (Å²) in [6.07, 6.45) is 2.48. The number of nitrogens with zero attached hydrogens (tertiary/aromatic N) is 2. The Morgan fingerprint density at radius 2 is 2.04 bits per heavy atom. The van der Waals surface area contributed by atoms with E-state index >= 15 is 0 Å². The molecule has 2 aromatic heterocycles. The van der Waals surface area contributed by atoms with Crippen molar-refractivity contribution in [2.75, 3.05) is 13.7 Å². The van der Waals surface area contributed by atoms with E-state index in [2.05, 4.69) is 52.1 Å². The number of hydrogen-bond donors (Lipinski definition) is 2. The number of amides is 1. The number of ether oxygens (including phenoxy) is 1. The van der Waals surface area contributed by atoms with Crippen molar-refractivity contribution in [1.82, 2.24) is 20.3 Å². The molecule has 0 spiro atoms. The maximum atomic E-state index is 12.0. The molecule has 0 radical (unpaired) electrons. The van der Waals surface area contributed by atoms with Gasteiger partial charge in [-0.1, -0.05) is 15.9 Å². The largest absolute Gasteiger partial charge is 0.495 e. The quantitative estimate of drug-likeness (QED) is 0.598. The van der Waals surface area contributed by atoms with E-state index in [1.165, 1.54) is 0 Å². The second-order valence-corrected chi connectivity index (χ2v) is 7.59. The molecule has 1 aliphatic heterocycles. The van der Waals surface area contributed by atoms with Crippen molar-refractivity contribution in [3.8, 4) is 28.5 Å². The highest BCUT2D eigenvalue weighted by Crippen LogP contribution is 2.38. The van der Waals surface area contributed by atoms with Gasteiger partial charge in [0.2, 0.25) is 0 Å². The minimum Gasteiger partial charge on any atom is -0.495 e. The minimum absolute atomic E-state index is 0.0550. The third-order valence-corrected chi connectivity index (χ3v) is 5.24. The molecule has 0 bridgehead atoms. The summed E-state index contributed by atoms with van der Waals surface area (Å²) in [5, 5.41) is 2.85. The number of aromatic nitrogens is 3. The lowest BCUT2D eigenvalue weighted by Crippen LogP contribution is -2.31. The van der Waals surface area contributed by atoms with Gasteiger partial charge in [-0.05, 0) is 40.2 Å². The molecule has 4 rings (SSSR count). The number of benzene rings is 1. The molecule has 0 aliphatic carbocycles. The first-order valence-electron chi connectivity index (χ1n) is 7.93. The van der Waals surface area contributed by atoms with Crippen molar-refractivity contribution in [2.45, 2.75) is 6.42 Å². The number of carbonyl (C=O) groups excluding carboxylic acids is 1. The molecule has 1 aromatic carbocycles. The smallest absolute Gasteiger partial charge is 0.253 e. The number of aromatic amines is 1. The molecule has 3 heterocycles. The average Bonchev–Trinajstić information content (AvgIpc) is 3.07. The molecule has 0 atom stereocenters. The molecule has 3 aromatic rings. The fraction of sp³-hybridized carbons (Fsp3) is 0.167. The monoisotopic (exact) mass is 476 g/mol. The molecular weight excluding hydrogens is 464 g/mol. The van der Waals surface area contributed by atoms with E-state index in [0.717, 1.165) is 38.0 Å². The molecule has 1 aliphatic rings. The van der Waals surface area contributed by atoms with Crippen LogP contribution >= 0.6 is 31.9 Å². The first-order chi connectivity index (χ1) is 12.6. The van der Waals surface area contributed by atoms with Gasteiger partial charge in [0.1, 0.15) is 5.75 Å². The zero-order valence-corrected chi connectivity index (χ0v) is 16.9. The number of carbonyl (C=O) groups is 1. The summed E-state index contributed by atoms with van der Waals surface area (Å²) in [6.45, 7) is 0.643. The molecule has 0 unspecified atom stereocenters. The zero-order valence-electron chi connectivity index (χ0n) is 13.8.